The fraction of sp³-hybridized carbons (Fsp3) is 0.200. The van der Waals surface area contributed by atoms with Gasteiger partial charge in [-0.2, -0.15) is 0 Å². The Kier molecular flexibility index (Phi) is 3.79. The summed E-state index contributed by atoms with van der Waals surface area (Å²) in [6.45, 7) is 1.92. The van der Waals surface area contributed by atoms with E-state index in [4.69, 9.17) is 28.3 Å². The van der Waals surface area contributed by atoms with Gasteiger partial charge in [-0.15, -0.1) is 0 Å². The first kappa shape index (κ1) is 10.6. The number of benzene rings is 1. The summed E-state index contributed by atoms with van der Waals surface area (Å²) in [5.74, 6) is 0. The zero-order valence-electron chi connectivity index (χ0n) is 7.22. The highest BCUT2D eigenvalue weighted by Crippen LogP contribution is 2.23. The smallest absolute Gasteiger partial charge is 0.0618 e. The normalized spacial score (nSPS) is 11.8. The van der Waals surface area contributed by atoms with Gasteiger partial charge in [-0.05, 0) is 36.3 Å². The summed E-state index contributed by atoms with van der Waals surface area (Å²) >= 11 is 11.6. The summed E-state index contributed by atoms with van der Waals surface area (Å²) in [7, 11) is 0. The summed E-state index contributed by atoms with van der Waals surface area (Å²) in [6.07, 6.45) is 1.71. The quantitative estimate of drug-likeness (QED) is 0.804. The second-order valence-corrected chi connectivity index (χ2v) is 3.60. The predicted molar refractivity (Wildman–Crippen MR) is 57.2 cm³/mol. The Labute approximate surface area is 87.6 Å². The first-order valence-corrected chi connectivity index (χ1v) is 4.63. The first-order valence-electron chi connectivity index (χ1n) is 3.87. The largest absolute Gasteiger partial charge is 0.392 e. The van der Waals surface area contributed by atoms with Crippen molar-refractivity contribution in [3.05, 3.63) is 39.9 Å². The molecule has 0 amide bonds. The van der Waals surface area contributed by atoms with Crippen molar-refractivity contribution in [3.8, 4) is 0 Å². The van der Waals surface area contributed by atoms with Gasteiger partial charge in [0.25, 0.3) is 0 Å². The van der Waals surface area contributed by atoms with Gasteiger partial charge < -0.3 is 5.11 Å². The molecule has 1 rings (SSSR count). The molecule has 0 heterocycles. The Hall–Kier alpha value is -0.500. The lowest BCUT2D eigenvalue weighted by atomic mass is 10.1. The molecule has 70 valence electrons. The average molecular weight is 217 g/mol. The van der Waals surface area contributed by atoms with Crippen LogP contribution < -0.4 is 0 Å². The van der Waals surface area contributed by atoms with E-state index in [1.54, 1.807) is 12.1 Å². The molecule has 0 atom stereocenters. The summed E-state index contributed by atoms with van der Waals surface area (Å²) in [6, 6.07) is 5.31. The number of allylic oxidation sites excluding steroid dienone is 1. The third-order valence-corrected chi connectivity index (χ3v) is 2.15. The number of halogens is 2. The van der Waals surface area contributed by atoms with E-state index in [0.29, 0.717) is 10.0 Å². The van der Waals surface area contributed by atoms with Crippen molar-refractivity contribution in [1.82, 2.24) is 0 Å². The number of aliphatic hydroxyl groups is 1. The van der Waals surface area contributed by atoms with E-state index in [9.17, 15) is 0 Å². The average Bonchev–Trinajstić information content (AvgIpc) is 2.03. The van der Waals surface area contributed by atoms with Gasteiger partial charge in [-0.3, -0.25) is 0 Å². The van der Waals surface area contributed by atoms with Crippen LogP contribution in [-0.2, 0) is 0 Å². The van der Waals surface area contributed by atoms with E-state index in [0.717, 1.165) is 11.1 Å². The summed E-state index contributed by atoms with van der Waals surface area (Å²) in [5, 5.41) is 9.90. The van der Waals surface area contributed by atoms with Crippen LogP contribution in [-0.4, -0.2) is 11.7 Å². The molecule has 0 radical (unpaired) electrons. The van der Waals surface area contributed by atoms with Crippen molar-refractivity contribution in [2.45, 2.75) is 6.92 Å². The lowest BCUT2D eigenvalue weighted by molar-refractivity contribution is 0.343. The fourth-order valence-corrected chi connectivity index (χ4v) is 1.56. The third-order valence-electron chi connectivity index (χ3n) is 1.72. The lowest BCUT2D eigenvalue weighted by Crippen LogP contribution is -1.82. The maximum atomic E-state index is 8.69. The van der Waals surface area contributed by atoms with Crippen LogP contribution in [0.5, 0.6) is 0 Å². The molecule has 0 aromatic heterocycles. The monoisotopic (exact) mass is 216 g/mol. The number of hydrogen-bond acceptors (Lipinski definition) is 1. The molecule has 0 saturated carbocycles. The molecule has 0 aliphatic heterocycles. The molecule has 13 heavy (non-hydrogen) atoms. The molecular formula is C10H10Cl2O. The SMILES string of the molecule is C/C(=C\CO)c1cc(Cl)cc(Cl)c1. The molecule has 1 aromatic carbocycles. The fourth-order valence-electron chi connectivity index (χ4n) is 1.04. The Morgan fingerprint density at radius 2 is 1.85 bits per heavy atom. The minimum atomic E-state index is 0.0238. The Morgan fingerprint density at radius 3 is 2.31 bits per heavy atom. The van der Waals surface area contributed by atoms with Crippen LogP contribution in [0.4, 0.5) is 0 Å². The highest BCUT2D eigenvalue weighted by Gasteiger charge is 1.99. The Morgan fingerprint density at radius 1 is 1.31 bits per heavy atom. The van der Waals surface area contributed by atoms with Crippen molar-refractivity contribution in [1.29, 1.82) is 0 Å². The van der Waals surface area contributed by atoms with Gasteiger partial charge in [0.15, 0.2) is 0 Å². The van der Waals surface area contributed by atoms with Crippen LogP contribution >= 0.6 is 23.2 Å². The van der Waals surface area contributed by atoms with Gasteiger partial charge in [0, 0.05) is 10.0 Å². The summed E-state index contributed by atoms with van der Waals surface area (Å²) in [5.41, 5.74) is 1.90. The molecule has 3 heteroatoms. The van der Waals surface area contributed by atoms with Crippen LogP contribution in [0.1, 0.15) is 12.5 Å². The minimum Gasteiger partial charge on any atom is -0.392 e. The predicted octanol–water partition coefficient (Wildman–Crippen LogP) is 3.39. The van der Waals surface area contributed by atoms with Gasteiger partial charge >= 0.3 is 0 Å². The molecule has 1 N–H and O–H groups in total. The van der Waals surface area contributed by atoms with E-state index >= 15 is 0 Å². The van der Waals surface area contributed by atoms with Crippen molar-refractivity contribution < 1.29 is 5.11 Å². The highest BCUT2D eigenvalue weighted by atomic mass is 35.5. The summed E-state index contributed by atoms with van der Waals surface area (Å²) in [4.78, 5) is 0. The van der Waals surface area contributed by atoms with E-state index < -0.39 is 0 Å². The Balaban J connectivity index is 3.08. The van der Waals surface area contributed by atoms with Gasteiger partial charge in [0.05, 0.1) is 6.61 Å². The van der Waals surface area contributed by atoms with E-state index in [2.05, 4.69) is 0 Å². The topological polar surface area (TPSA) is 20.2 Å². The van der Waals surface area contributed by atoms with Crippen LogP contribution in [0.15, 0.2) is 24.3 Å². The van der Waals surface area contributed by atoms with Gasteiger partial charge in [-0.1, -0.05) is 29.3 Å². The number of rotatable bonds is 2. The van der Waals surface area contributed by atoms with E-state index in [1.807, 2.05) is 19.1 Å². The molecule has 1 nitrogen and oxygen atoms in total. The molecule has 0 saturated heterocycles. The molecule has 0 unspecified atom stereocenters. The maximum Gasteiger partial charge on any atom is 0.0618 e. The number of aliphatic hydroxyl groups excluding tert-OH is 1. The Bertz CT molecular complexity index is 311. The second-order valence-electron chi connectivity index (χ2n) is 2.73. The molecule has 0 aliphatic carbocycles. The van der Waals surface area contributed by atoms with Crippen molar-refractivity contribution in [2.24, 2.45) is 0 Å². The highest BCUT2D eigenvalue weighted by molar-refractivity contribution is 6.34. The molecule has 1 aromatic rings. The van der Waals surface area contributed by atoms with E-state index in [-0.39, 0.29) is 6.61 Å². The van der Waals surface area contributed by atoms with Crippen molar-refractivity contribution in [2.75, 3.05) is 6.61 Å². The van der Waals surface area contributed by atoms with E-state index in [1.165, 1.54) is 0 Å². The molecule has 0 spiro atoms. The third kappa shape index (κ3) is 3.03. The lowest BCUT2D eigenvalue weighted by Gasteiger charge is -2.02. The molecule has 0 aliphatic rings. The van der Waals surface area contributed by atoms with Crippen molar-refractivity contribution in [3.63, 3.8) is 0 Å². The van der Waals surface area contributed by atoms with Gasteiger partial charge in [-0.25, -0.2) is 0 Å². The summed E-state index contributed by atoms with van der Waals surface area (Å²) < 4.78 is 0. The first-order chi connectivity index (χ1) is 6.13. The van der Waals surface area contributed by atoms with Crippen LogP contribution in [0.3, 0.4) is 0 Å². The zero-order valence-corrected chi connectivity index (χ0v) is 8.73. The molecular weight excluding hydrogens is 207 g/mol. The molecule has 0 fully saturated rings. The van der Waals surface area contributed by atoms with Crippen LogP contribution in [0, 0.1) is 0 Å². The van der Waals surface area contributed by atoms with Crippen LogP contribution in [0.25, 0.3) is 5.57 Å². The zero-order chi connectivity index (χ0) is 9.84. The van der Waals surface area contributed by atoms with Gasteiger partial charge in [0.2, 0.25) is 0 Å². The van der Waals surface area contributed by atoms with Crippen LogP contribution in [0.2, 0.25) is 10.0 Å². The second kappa shape index (κ2) is 4.66. The number of hydrogen-bond donors (Lipinski definition) is 1. The maximum absolute atomic E-state index is 8.69. The standard InChI is InChI=1S/C10H10Cl2O/c1-7(2-3-13)8-4-9(11)6-10(12)5-8/h2,4-6,13H,3H2,1H3/b7-2+. The molecule has 0 bridgehead atoms. The van der Waals surface area contributed by atoms with Crippen molar-refractivity contribution >= 4 is 28.8 Å². The van der Waals surface area contributed by atoms with Gasteiger partial charge in [0.1, 0.15) is 0 Å². The minimum absolute atomic E-state index is 0.0238.